The first-order valence-electron chi connectivity index (χ1n) is 10.7. The lowest BCUT2D eigenvalue weighted by atomic mass is 9.90. The lowest BCUT2D eigenvalue weighted by Gasteiger charge is -2.27. The highest BCUT2D eigenvalue weighted by Crippen LogP contribution is 2.52. The van der Waals surface area contributed by atoms with Gasteiger partial charge in [0.05, 0.1) is 12.6 Å². The molecule has 2 unspecified atom stereocenters. The first kappa shape index (κ1) is 23.1. The van der Waals surface area contributed by atoms with Crippen LogP contribution in [0.2, 0.25) is 0 Å². The summed E-state index contributed by atoms with van der Waals surface area (Å²) in [4.78, 5) is 60.3. The molecule has 0 aromatic carbocycles. The van der Waals surface area contributed by atoms with Crippen molar-refractivity contribution in [1.29, 1.82) is 0 Å². The number of nitrogens with one attached hydrogen (secondary N) is 4. The number of halogens is 1. The molecule has 2 aliphatic carbocycles. The number of hydrogen-bond acceptors (Lipinski definition) is 6. The van der Waals surface area contributed by atoms with Gasteiger partial charge < -0.3 is 26.4 Å². The Morgan fingerprint density at radius 2 is 1.87 bits per heavy atom. The van der Waals surface area contributed by atoms with Crippen LogP contribution < -0.4 is 21.3 Å². The van der Waals surface area contributed by atoms with Gasteiger partial charge in [0.2, 0.25) is 11.8 Å². The van der Waals surface area contributed by atoms with Crippen LogP contribution in [-0.2, 0) is 24.0 Å². The van der Waals surface area contributed by atoms with Crippen molar-refractivity contribution >= 4 is 29.4 Å². The Bertz CT molecular complexity index is 765. The molecule has 1 heterocycles. The fourth-order valence-corrected chi connectivity index (χ4v) is 4.82. The van der Waals surface area contributed by atoms with Crippen LogP contribution in [0, 0.1) is 5.92 Å². The van der Waals surface area contributed by atoms with Crippen molar-refractivity contribution in [3.63, 3.8) is 0 Å². The van der Waals surface area contributed by atoms with Gasteiger partial charge in [-0.15, -0.1) is 0 Å². The Hall–Kier alpha value is -2.56. The molecule has 172 valence electrons. The summed E-state index contributed by atoms with van der Waals surface area (Å²) in [5, 5.41) is 19.1. The number of Topliss-reactive ketones (excluding diaryl/α,β-unsaturated/α-hetero) is 1. The minimum atomic E-state index is -1.27. The maximum atomic E-state index is 14.3. The number of fused-ring (bicyclic) bond motifs is 2. The van der Waals surface area contributed by atoms with E-state index in [0.717, 1.165) is 6.42 Å². The molecular weight excluding hydrogens is 411 g/mol. The average Bonchev–Trinajstić information content (AvgIpc) is 3.25. The number of piperidine rings is 1. The number of aliphatic hydroxyl groups excluding tert-OH is 1. The van der Waals surface area contributed by atoms with E-state index in [4.69, 9.17) is 5.11 Å². The van der Waals surface area contributed by atoms with Crippen molar-refractivity contribution in [2.45, 2.75) is 68.6 Å². The van der Waals surface area contributed by atoms with Crippen molar-refractivity contribution in [3.05, 3.63) is 0 Å². The average molecular weight is 440 g/mol. The molecule has 4 amide bonds. The normalized spacial score (nSPS) is 30.3. The second-order valence-corrected chi connectivity index (χ2v) is 8.86. The Kier molecular flexibility index (Phi) is 6.93. The predicted octanol–water partition coefficient (Wildman–Crippen LogP) is -1.39. The van der Waals surface area contributed by atoms with Gasteiger partial charge in [-0.3, -0.25) is 24.0 Å². The topological polar surface area (TPSA) is 154 Å². The van der Waals surface area contributed by atoms with E-state index in [1.807, 2.05) is 0 Å². The van der Waals surface area contributed by atoms with E-state index in [1.165, 1.54) is 0 Å². The lowest BCUT2D eigenvalue weighted by Crippen LogP contribution is -2.53. The van der Waals surface area contributed by atoms with Crippen molar-refractivity contribution < 1.29 is 33.5 Å². The molecule has 3 rings (SSSR count). The molecule has 2 saturated carbocycles. The summed E-state index contributed by atoms with van der Waals surface area (Å²) in [5.41, 5.74) is -1.97. The maximum Gasteiger partial charge on any atom is 0.309 e. The van der Waals surface area contributed by atoms with Crippen LogP contribution in [0.3, 0.4) is 0 Å². The second kappa shape index (κ2) is 9.29. The molecule has 2 bridgehead atoms. The van der Waals surface area contributed by atoms with Gasteiger partial charge in [0.15, 0.2) is 5.78 Å². The zero-order chi connectivity index (χ0) is 22.6. The number of carbonyl (C=O) groups is 5. The van der Waals surface area contributed by atoms with E-state index in [2.05, 4.69) is 21.3 Å². The van der Waals surface area contributed by atoms with Gasteiger partial charge in [-0.25, -0.2) is 4.39 Å². The molecule has 3 aliphatic rings. The van der Waals surface area contributed by atoms with Crippen LogP contribution in [0.25, 0.3) is 0 Å². The minimum Gasteiger partial charge on any atom is -0.389 e. The van der Waals surface area contributed by atoms with Crippen LogP contribution in [0.5, 0.6) is 0 Å². The lowest BCUT2D eigenvalue weighted by molar-refractivity contribution is -0.141. The summed E-state index contributed by atoms with van der Waals surface area (Å²) >= 11 is 0. The van der Waals surface area contributed by atoms with E-state index >= 15 is 0 Å². The summed E-state index contributed by atoms with van der Waals surface area (Å²) < 4.78 is 14.3. The third-order valence-electron chi connectivity index (χ3n) is 6.55. The van der Waals surface area contributed by atoms with Crippen LogP contribution in [0.1, 0.15) is 51.4 Å². The minimum absolute atomic E-state index is 0.0406. The standard InChI is InChI=1S/C20H29FN4O6/c21-19-3-5-20(11-19,6-4-19)25-18(31)17(30)23-9-15(28)24-13(14(27)10-26)8-12-2-1-7-22-16(12)29/h12-13,26H,1-11H2,(H,22,29)(H,23,30)(H,24,28)(H,25,31). The molecule has 10 nitrogen and oxygen atoms in total. The van der Waals surface area contributed by atoms with Gasteiger partial charge in [-0.05, 0) is 44.9 Å². The van der Waals surface area contributed by atoms with Gasteiger partial charge in [-0.2, -0.15) is 0 Å². The molecule has 5 N–H and O–H groups in total. The molecule has 31 heavy (non-hydrogen) atoms. The highest BCUT2D eigenvalue weighted by Gasteiger charge is 2.55. The van der Waals surface area contributed by atoms with Crippen molar-refractivity contribution in [2.75, 3.05) is 19.7 Å². The Balaban J connectivity index is 1.46. The number of carbonyl (C=O) groups excluding carboxylic acids is 5. The highest BCUT2D eigenvalue weighted by molar-refractivity contribution is 6.35. The van der Waals surface area contributed by atoms with Gasteiger partial charge in [-0.1, -0.05) is 0 Å². The molecule has 1 aliphatic heterocycles. The van der Waals surface area contributed by atoms with Crippen LogP contribution in [0.4, 0.5) is 4.39 Å². The first-order chi connectivity index (χ1) is 14.7. The van der Waals surface area contributed by atoms with Crippen molar-refractivity contribution in [3.8, 4) is 0 Å². The summed E-state index contributed by atoms with van der Waals surface area (Å²) in [7, 11) is 0. The highest BCUT2D eigenvalue weighted by atomic mass is 19.1. The molecule has 2 atom stereocenters. The summed E-state index contributed by atoms with van der Waals surface area (Å²) in [6.07, 6.45) is 3.22. The number of alkyl halides is 1. The van der Waals surface area contributed by atoms with Gasteiger partial charge in [0.1, 0.15) is 12.3 Å². The van der Waals surface area contributed by atoms with E-state index in [0.29, 0.717) is 38.6 Å². The predicted molar refractivity (Wildman–Crippen MR) is 105 cm³/mol. The Morgan fingerprint density at radius 1 is 1.16 bits per heavy atom. The largest absolute Gasteiger partial charge is 0.389 e. The SMILES string of the molecule is O=C(CNC(=O)C(=O)NC12CCC(F)(CC1)C2)NC(CC1CCCNC1=O)C(=O)CO. The van der Waals surface area contributed by atoms with Crippen molar-refractivity contribution in [1.82, 2.24) is 21.3 Å². The fourth-order valence-electron chi connectivity index (χ4n) is 4.82. The van der Waals surface area contributed by atoms with E-state index in [1.54, 1.807) is 0 Å². The number of rotatable bonds is 8. The molecule has 0 spiro atoms. The molecule has 1 saturated heterocycles. The number of amides is 4. The Morgan fingerprint density at radius 3 is 2.45 bits per heavy atom. The summed E-state index contributed by atoms with van der Waals surface area (Å²) in [6.45, 7) is -0.799. The van der Waals surface area contributed by atoms with Crippen molar-refractivity contribution in [2.24, 2.45) is 5.92 Å². The third-order valence-corrected chi connectivity index (χ3v) is 6.55. The zero-order valence-corrected chi connectivity index (χ0v) is 17.3. The first-order valence-corrected chi connectivity index (χ1v) is 10.7. The molecule has 0 aromatic rings. The van der Waals surface area contributed by atoms with Gasteiger partial charge in [0.25, 0.3) is 0 Å². The van der Waals surface area contributed by atoms with Crippen LogP contribution in [0.15, 0.2) is 0 Å². The van der Waals surface area contributed by atoms with Crippen LogP contribution >= 0.6 is 0 Å². The molecule has 3 fully saturated rings. The Labute approximate surface area is 179 Å². The smallest absolute Gasteiger partial charge is 0.309 e. The van der Waals surface area contributed by atoms with E-state index in [-0.39, 0.29) is 18.7 Å². The maximum absolute atomic E-state index is 14.3. The number of aliphatic hydroxyl groups is 1. The molecule has 0 aromatic heterocycles. The van der Waals surface area contributed by atoms with E-state index < -0.39 is 59.8 Å². The second-order valence-electron chi connectivity index (χ2n) is 8.86. The van der Waals surface area contributed by atoms with Crippen LogP contribution in [-0.4, -0.2) is 71.5 Å². The van der Waals surface area contributed by atoms with E-state index in [9.17, 15) is 28.4 Å². The fraction of sp³-hybridized carbons (Fsp3) is 0.750. The molecule has 11 heteroatoms. The molecular formula is C20H29FN4O6. The zero-order valence-electron chi connectivity index (χ0n) is 17.3. The van der Waals surface area contributed by atoms with Gasteiger partial charge >= 0.3 is 11.8 Å². The number of ketones is 1. The number of hydrogen-bond donors (Lipinski definition) is 5. The monoisotopic (exact) mass is 440 g/mol. The molecule has 0 radical (unpaired) electrons. The third kappa shape index (κ3) is 5.57. The summed E-state index contributed by atoms with van der Waals surface area (Å²) in [5.74, 6) is -4.00. The quantitative estimate of drug-likeness (QED) is 0.293. The van der Waals surface area contributed by atoms with Gasteiger partial charge in [0, 0.05) is 24.4 Å². The summed E-state index contributed by atoms with van der Waals surface area (Å²) in [6, 6.07) is -1.08.